The summed E-state index contributed by atoms with van der Waals surface area (Å²) in [7, 11) is 0. The van der Waals surface area contributed by atoms with Crippen LogP contribution in [0.3, 0.4) is 0 Å². The summed E-state index contributed by atoms with van der Waals surface area (Å²) in [6.07, 6.45) is 3.81. The largest absolute Gasteiger partial charge is 0.348 e. The van der Waals surface area contributed by atoms with Crippen LogP contribution >= 0.6 is 11.3 Å². The quantitative estimate of drug-likeness (QED) is 0.665. The van der Waals surface area contributed by atoms with Crippen molar-refractivity contribution in [3.05, 3.63) is 65.0 Å². The highest BCUT2D eigenvalue weighted by molar-refractivity contribution is 7.14. The number of nitrogens with one attached hydrogen (secondary N) is 1. The van der Waals surface area contributed by atoms with E-state index in [0.717, 1.165) is 40.7 Å². The average Bonchev–Trinajstić information content (AvgIpc) is 3.20. The molecule has 1 aliphatic heterocycles. The van der Waals surface area contributed by atoms with Gasteiger partial charge in [0.25, 0.3) is 5.91 Å². The van der Waals surface area contributed by atoms with Gasteiger partial charge in [-0.3, -0.25) is 4.79 Å². The summed E-state index contributed by atoms with van der Waals surface area (Å²) in [5.74, 6) is -0.0977. The number of anilines is 2. The molecule has 2 aromatic carbocycles. The van der Waals surface area contributed by atoms with Crippen molar-refractivity contribution >= 4 is 28.1 Å². The van der Waals surface area contributed by atoms with Crippen LogP contribution in [-0.2, 0) is 0 Å². The minimum Gasteiger partial charge on any atom is -0.348 e. The third-order valence-electron chi connectivity index (χ3n) is 4.85. The first-order chi connectivity index (χ1) is 13.2. The number of hydrogen-bond donors (Lipinski definition) is 1. The first kappa shape index (κ1) is 17.7. The molecule has 0 aliphatic carbocycles. The summed E-state index contributed by atoms with van der Waals surface area (Å²) in [6, 6.07) is 15.5. The fourth-order valence-corrected chi connectivity index (χ4v) is 4.18. The number of nitrogens with zero attached hydrogens (tertiary/aromatic N) is 2. The van der Waals surface area contributed by atoms with Crippen molar-refractivity contribution in [3.8, 4) is 11.3 Å². The van der Waals surface area contributed by atoms with Gasteiger partial charge >= 0.3 is 0 Å². The Hall–Kier alpha value is -2.66. The number of piperidine rings is 1. The van der Waals surface area contributed by atoms with E-state index >= 15 is 0 Å². The highest BCUT2D eigenvalue weighted by Crippen LogP contribution is 2.30. The Morgan fingerprint density at radius 2 is 1.85 bits per heavy atom. The Morgan fingerprint density at radius 1 is 1.07 bits per heavy atom. The second kappa shape index (κ2) is 7.92. The lowest BCUT2D eigenvalue weighted by Crippen LogP contribution is -2.29. The third-order valence-corrected chi connectivity index (χ3v) is 5.75. The molecule has 0 saturated carbocycles. The van der Waals surface area contributed by atoms with E-state index < -0.39 is 0 Å². The molecule has 2 heterocycles. The number of carbonyl (C=O) groups is 1. The predicted molar refractivity (Wildman–Crippen MR) is 113 cm³/mol. The molecule has 138 valence electrons. The van der Waals surface area contributed by atoms with E-state index in [9.17, 15) is 4.79 Å². The summed E-state index contributed by atoms with van der Waals surface area (Å²) in [4.78, 5) is 19.7. The molecule has 1 aromatic heterocycles. The summed E-state index contributed by atoms with van der Waals surface area (Å²) >= 11 is 1.70. The van der Waals surface area contributed by atoms with Gasteiger partial charge in [-0.15, -0.1) is 11.3 Å². The molecular formula is C22H23N3OS. The molecule has 1 amide bonds. The molecule has 1 saturated heterocycles. The second-order valence-corrected chi connectivity index (χ2v) is 7.80. The van der Waals surface area contributed by atoms with Crippen molar-refractivity contribution in [1.29, 1.82) is 0 Å². The Kier molecular flexibility index (Phi) is 5.21. The molecule has 27 heavy (non-hydrogen) atoms. The van der Waals surface area contributed by atoms with Crippen LogP contribution in [0.15, 0.2) is 53.9 Å². The molecule has 1 N–H and O–H groups in total. The SMILES string of the molecule is Cc1ccc(C(=O)Nc2cccc(-c3csc(N4CCCCC4)n3)c2)cc1. The molecule has 0 unspecified atom stereocenters. The molecule has 0 spiro atoms. The minimum atomic E-state index is -0.0977. The fraction of sp³-hybridized carbons (Fsp3) is 0.273. The number of aromatic nitrogens is 1. The van der Waals surface area contributed by atoms with E-state index in [1.54, 1.807) is 11.3 Å². The van der Waals surface area contributed by atoms with Gasteiger partial charge in [0.15, 0.2) is 5.13 Å². The van der Waals surface area contributed by atoms with Crippen molar-refractivity contribution < 1.29 is 4.79 Å². The first-order valence-electron chi connectivity index (χ1n) is 9.38. The number of hydrogen-bond acceptors (Lipinski definition) is 4. The van der Waals surface area contributed by atoms with Gasteiger partial charge in [0.1, 0.15) is 0 Å². The number of carbonyl (C=O) groups excluding carboxylic acids is 1. The van der Waals surface area contributed by atoms with Crippen LogP contribution in [0.1, 0.15) is 35.2 Å². The standard InChI is InChI=1S/C22H23N3OS/c1-16-8-10-17(11-9-16)21(26)23-19-7-5-6-18(14-19)20-15-27-22(24-20)25-12-3-2-4-13-25/h5-11,14-15H,2-4,12-13H2,1H3,(H,23,26). The van der Waals surface area contributed by atoms with E-state index in [1.165, 1.54) is 19.3 Å². The minimum absolute atomic E-state index is 0.0977. The monoisotopic (exact) mass is 377 g/mol. The van der Waals surface area contributed by atoms with Gasteiger partial charge in [-0.2, -0.15) is 0 Å². The number of aryl methyl sites for hydroxylation is 1. The lowest BCUT2D eigenvalue weighted by Gasteiger charge is -2.25. The zero-order valence-corrected chi connectivity index (χ0v) is 16.3. The zero-order chi connectivity index (χ0) is 18.6. The molecule has 5 heteroatoms. The van der Waals surface area contributed by atoms with Crippen LogP contribution in [0.2, 0.25) is 0 Å². The predicted octanol–water partition coefficient (Wildman–Crippen LogP) is 5.36. The molecule has 4 nitrogen and oxygen atoms in total. The normalized spacial score (nSPS) is 14.2. The zero-order valence-electron chi connectivity index (χ0n) is 15.4. The van der Waals surface area contributed by atoms with Crippen LogP contribution in [0.25, 0.3) is 11.3 Å². The van der Waals surface area contributed by atoms with Gasteiger partial charge < -0.3 is 10.2 Å². The number of amides is 1. The van der Waals surface area contributed by atoms with Crippen molar-refractivity contribution in [2.45, 2.75) is 26.2 Å². The van der Waals surface area contributed by atoms with Crippen LogP contribution in [0.4, 0.5) is 10.8 Å². The number of thiazole rings is 1. The van der Waals surface area contributed by atoms with Crippen LogP contribution in [0.5, 0.6) is 0 Å². The van der Waals surface area contributed by atoms with E-state index in [1.807, 2.05) is 55.5 Å². The van der Waals surface area contributed by atoms with Crippen LogP contribution in [-0.4, -0.2) is 24.0 Å². The lowest BCUT2D eigenvalue weighted by atomic mass is 10.1. The number of rotatable bonds is 4. The van der Waals surface area contributed by atoms with E-state index in [-0.39, 0.29) is 5.91 Å². The first-order valence-corrected chi connectivity index (χ1v) is 10.3. The smallest absolute Gasteiger partial charge is 0.255 e. The summed E-state index contributed by atoms with van der Waals surface area (Å²) in [5.41, 5.74) is 4.57. The second-order valence-electron chi connectivity index (χ2n) is 6.96. The van der Waals surface area contributed by atoms with E-state index in [4.69, 9.17) is 4.98 Å². The van der Waals surface area contributed by atoms with Crippen LogP contribution < -0.4 is 10.2 Å². The summed E-state index contributed by atoms with van der Waals surface area (Å²) < 4.78 is 0. The highest BCUT2D eigenvalue weighted by Gasteiger charge is 2.15. The highest BCUT2D eigenvalue weighted by atomic mass is 32.1. The van der Waals surface area contributed by atoms with Gasteiger partial charge in [-0.1, -0.05) is 29.8 Å². The molecule has 1 fully saturated rings. The van der Waals surface area contributed by atoms with Gasteiger partial charge in [0.05, 0.1) is 5.69 Å². The maximum atomic E-state index is 12.5. The van der Waals surface area contributed by atoms with Crippen molar-refractivity contribution in [1.82, 2.24) is 4.98 Å². The Morgan fingerprint density at radius 3 is 2.63 bits per heavy atom. The molecule has 0 atom stereocenters. The number of benzene rings is 2. The third kappa shape index (κ3) is 4.19. The van der Waals surface area contributed by atoms with Crippen LogP contribution in [0, 0.1) is 6.92 Å². The molecule has 0 radical (unpaired) electrons. The molecular weight excluding hydrogens is 354 g/mol. The van der Waals surface area contributed by atoms with E-state index in [0.29, 0.717) is 5.56 Å². The summed E-state index contributed by atoms with van der Waals surface area (Å²) in [5, 5.41) is 6.18. The Labute approximate surface area is 163 Å². The molecule has 0 bridgehead atoms. The molecule has 3 aromatic rings. The Balaban J connectivity index is 1.50. The Bertz CT molecular complexity index is 927. The molecule has 4 rings (SSSR count). The maximum Gasteiger partial charge on any atom is 0.255 e. The maximum absolute atomic E-state index is 12.5. The fourth-order valence-electron chi connectivity index (χ4n) is 3.29. The van der Waals surface area contributed by atoms with Gasteiger partial charge in [-0.25, -0.2) is 4.98 Å². The molecule has 1 aliphatic rings. The van der Waals surface area contributed by atoms with Crippen molar-refractivity contribution in [3.63, 3.8) is 0 Å². The average molecular weight is 378 g/mol. The van der Waals surface area contributed by atoms with Crippen molar-refractivity contribution in [2.75, 3.05) is 23.3 Å². The van der Waals surface area contributed by atoms with Gasteiger partial charge in [-0.05, 0) is 50.5 Å². The van der Waals surface area contributed by atoms with Gasteiger partial charge in [0.2, 0.25) is 0 Å². The van der Waals surface area contributed by atoms with E-state index in [2.05, 4.69) is 15.6 Å². The summed E-state index contributed by atoms with van der Waals surface area (Å²) in [6.45, 7) is 4.20. The topological polar surface area (TPSA) is 45.2 Å². The lowest BCUT2D eigenvalue weighted by molar-refractivity contribution is 0.102. The van der Waals surface area contributed by atoms with Crippen molar-refractivity contribution in [2.24, 2.45) is 0 Å². The van der Waals surface area contributed by atoms with Gasteiger partial charge in [0, 0.05) is 35.3 Å².